The van der Waals surface area contributed by atoms with Crippen LogP contribution in [0.1, 0.15) is 49.5 Å². The van der Waals surface area contributed by atoms with Gasteiger partial charge < -0.3 is 5.41 Å². The number of rotatable bonds is 6. The third-order valence-corrected chi connectivity index (χ3v) is 3.71. The standard InChI is InChI=1S/C21H23NO/c1-15(13-17(3)22)12-16(2)14-21(23)20-10-8-19(9-11-20)18-6-4-5-7-18/h4-6,8-13,22H,7,14H2,1-3H3/b15-13-,16-12+,22-17?. The number of carbonyl (C=O) groups is 1. The van der Waals surface area contributed by atoms with E-state index in [2.05, 4.69) is 18.2 Å². The third kappa shape index (κ3) is 5.03. The lowest BCUT2D eigenvalue weighted by Crippen LogP contribution is -2.00. The van der Waals surface area contributed by atoms with Crippen LogP contribution in [0.3, 0.4) is 0 Å². The molecule has 0 saturated carbocycles. The Morgan fingerprint density at radius 1 is 1.13 bits per heavy atom. The van der Waals surface area contributed by atoms with Crippen LogP contribution in [0.4, 0.5) is 0 Å². The number of Topliss-reactive ketones (excluding diaryl/α,β-unsaturated/α-hetero) is 1. The van der Waals surface area contributed by atoms with Gasteiger partial charge in [-0.3, -0.25) is 4.79 Å². The van der Waals surface area contributed by atoms with Gasteiger partial charge in [0.05, 0.1) is 0 Å². The number of ketones is 1. The molecule has 0 amide bonds. The fourth-order valence-electron chi connectivity index (χ4n) is 2.71. The van der Waals surface area contributed by atoms with Gasteiger partial charge in [-0.1, -0.05) is 54.1 Å². The van der Waals surface area contributed by atoms with Gasteiger partial charge >= 0.3 is 0 Å². The van der Waals surface area contributed by atoms with Gasteiger partial charge in [-0.05, 0) is 50.0 Å². The lowest BCUT2D eigenvalue weighted by molar-refractivity contribution is 0.0993. The molecule has 0 aliphatic heterocycles. The molecule has 2 heteroatoms. The van der Waals surface area contributed by atoms with E-state index >= 15 is 0 Å². The average Bonchev–Trinajstić information content (AvgIpc) is 3.00. The highest BCUT2D eigenvalue weighted by Crippen LogP contribution is 2.23. The molecule has 0 radical (unpaired) electrons. The van der Waals surface area contributed by atoms with E-state index in [1.165, 1.54) is 11.1 Å². The fourth-order valence-corrected chi connectivity index (χ4v) is 2.71. The number of benzene rings is 1. The van der Waals surface area contributed by atoms with Crippen LogP contribution < -0.4 is 0 Å². The van der Waals surface area contributed by atoms with Crippen molar-refractivity contribution in [2.75, 3.05) is 0 Å². The van der Waals surface area contributed by atoms with Crippen LogP contribution in [0, 0.1) is 5.41 Å². The summed E-state index contributed by atoms with van der Waals surface area (Å²) in [5.41, 5.74) is 5.75. The molecule has 0 unspecified atom stereocenters. The van der Waals surface area contributed by atoms with Crippen molar-refractivity contribution in [3.8, 4) is 0 Å². The number of hydrogen-bond donors (Lipinski definition) is 1. The van der Waals surface area contributed by atoms with Gasteiger partial charge in [-0.25, -0.2) is 0 Å². The van der Waals surface area contributed by atoms with Crippen LogP contribution in [0.25, 0.3) is 5.57 Å². The molecule has 0 bridgehead atoms. The number of nitrogens with one attached hydrogen (secondary N) is 1. The number of allylic oxidation sites excluding steroid dienone is 8. The summed E-state index contributed by atoms with van der Waals surface area (Å²) in [5, 5.41) is 7.45. The number of carbonyl (C=O) groups excluding carboxylic acids is 1. The van der Waals surface area contributed by atoms with E-state index in [1.807, 2.05) is 44.2 Å². The van der Waals surface area contributed by atoms with Gasteiger partial charge in [0, 0.05) is 17.7 Å². The molecule has 1 N–H and O–H groups in total. The maximum absolute atomic E-state index is 12.4. The molecule has 0 atom stereocenters. The van der Waals surface area contributed by atoms with Crippen LogP contribution in [0.5, 0.6) is 0 Å². The first-order valence-corrected chi connectivity index (χ1v) is 7.85. The fraction of sp³-hybridized carbons (Fsp3) is 0.238. The zero-order valence-electron chi connectivity index (χ0n) is 14.0. The summed E-state index contributed by atoms with van der Waals surface area (Å²) >= 11 is 0. The summed E-state index contributed by atoms with van der Waals surface area (Å²) in [7, 11) is 0. The van der Waals surface area contributed by atoms with Crippen molar-refractivity contribution in [2.45, 2.75) is 33.6 Å². The normalized spacial score (nSPS) is 14.8. The summed E-state index contributed by atoms with van der Waals surface area (Å²) in [4.78, 5) is 12.4. The quantitative estimate of drug-likeness (QED) is 0.419. The molecule has 0 heterocycles. The topological polar surface area (TPSA) is 40.9 Å². The molecule has 0 spiro atoms. The smallest absolute Gasteiger partial charge is 0.166 e. The van der Waals surface area contributed by atoms with Crippen molar-refractivity contribution < 1.29 is 4.79 Å². The Balaban J connectivity index is 2.03. The zero-order valence-corrected chi connectivity index (χ0v) is 14.0. The first-order valence-electron chi connectivity index (χ1n) is 7.85. The molecular formula is C21H23NO. The Labute approximate surface area is 138 Å². The summed E-state index contributed by atoms with van der Waals surface area (Å²) < 4.78 is 0. The predicted molar refractivity (Wildman–Crippen MR) is 98.0 cm³/mol. The summed E-state index contributed by atoms with van der Waals surface area (Å²) in [5.74, 6) is 0.128. The molecule has 0 aromatic heterocycles. The lowest BCUT2D eigenvalue weighted by Gasteiger charge is -2.05. The van der Waals surface area contributed by atoms with E-state index in [4.69, 9.17) is 5.41 Å². The maximum atomic E-state index is 12.4. The van der Waals surface area contributed by atoms with Gasteiger partial charge in [0.1, 0.15) is 0 Å². The second-order valence-electron chi connectivity index (χ2n) is 6.06. The molecule has 1 aromatic carbocycles. The van der Waals surface area contributed by atoms with Crippen molar-refractivity contribution in [1.29, 1.82) is 5.41 Å². The second-order valence-corrected chi connectivity index (χ2v) is 6.06. The monoisotopic (exact) mass is 305 g/mol. The minimum Gasteiger partial charge on any atom is -0.306 e. The van der Waals surface area contributed by atoms with Crippen molar-refractivity contribution in [3.63, 3.8) is 0 Å². The Hall–Kier alpha value is -2.48. The Morgan fingerprint density at radius 2 is 1.83 bits per heavy atom. The van der Waals surface area contributed by atoms with Crippen LogP contribution in [0.15, 0.2) is 65.8 Å². The van der Waals surface area contributed by atoms with E-state index in [-0.39, 0.29) is 5.78 Å². The molecule has 2 nitrogen and oxygen atoms in total. The highest BCUT2D eigenvalue weighted by atomic mass is 16.1. The van der Waals surface area contributed by atoms with E-state index in [1.54, 1.807) is 13.0 Å². The van der Waals surface area contributed by atoms with Gasteiger partial charge in [0.2, 0.25) is 0 Å². The molecule has 23 heavy (non-hydrogen) atoms. The average molecular weight is 305 g/mol. The highest BCUT2D eigenvalue weighted by molar-refractivity contribution is 5.98. The molecular weight excluding hydrogens is 282 g/mol. The molecule has 0 saturated heterocycles. The van der Waals surface area contributed by atoms with Crippen molar-refractivity contribution in [2.24, 2.45) is 0 Å². The van der Waals surface area contributed by atoms with Crippen LogP contribution in [0.2, 0.25) is 0 Å². The molecule has 1 aromatic rings. The SMILES string of the molecule is CC(=N)/C=C(C)\C=C(/C)CC(=O)c1ccc(C2=CC=CC2)cc1. The number of hydrogen-bond acceptors (Lipinski definition) is 2. The zero-order chi connectivity index (χ0) is 16.8. The Bertz CT molecular complexity index is 728. The van der Waals surface area contributed by atoms with Gasteiger partial charge in [-0.2, -0.15) is 0 Å². The van der Waals surface area contributed by atoms with Crippen molar-refractivity contribution in [1.82, 2.24) is 0 Å². The Morgan fingerprint density at radius 3 is 2.39 bits per heavy atom. The molecule has 2 rings (SSSR count). The second kappa shape index (κ2) is 7.68. The van der Waals surface area contributed by atoms with Crippen LogP contribution in [-0.4, -0.2) is 11.5 Å². The van der Waals surface area contributed by atoms with Gasteiger partial charge in [0.15, 0.2) is 5.78 Å². The van der Waals surface area contributed by atoms with E-state index in [9.17, 15) is 4.79 Å². The van der Waals surface area contributed by atoms with Gasteiger partial charge in [0.25, 0.3) is 0 Å². The molecule has 118 valence electrons. The van der Waals surface area contributed by atoms with Crippen molar-refractivity contribution >= 4 is 17.1 Å². The summed E-state index contributed by atoms with van der Waals surface area (Å²) in [6.45, 7) is 5.65. The third-order valence-electron chi connectivity index (χ3n) is 3.71. The van der Waals surface area contributed by atoms with E-state index in [0.29, 0.717) is 12.1 Å². The first-order chi connectivity index (χ1) is 11.0. The van der Waals surface area contributed by atoms with Crippen molar-refractivity contribution in [3.05, 3.63) is 76.9 Å². The molecule has 1 aliphatic rings. The Kier molecular flexibility index (Phi) is 5.64. The minimum atomic E-state index is 0.128. The van der Waals surface area contributed by atoms with E-state index in [0.717, 1.165) is 23.1 Å². The van der Waals surface area contributed by atoms with E-state index < -0.39 is 0 Å². The lowest BCUT2D eigenvalue weighted by atomic mass is 9.99. The summed E-state index contributed by atoms with van der Waals surface area (Å²) in [6.07, 6.45) is 11.5. The van der Waals surface area contributed by atoms with Crippen LogP contribution in [-0.2, 0) is 0 Å². The molecule has 1 aliphatic carbocycles. The first kappa shape index (κ1) is 16.9. The summed E-state index contributed by atoms with van der Waals surface area (Å²) in [6, 6.07) is 7.87. The van der Waals surface area contributed by atoms with Crippen LogP contribution >= 0.6 is 0 Å². The predicted octanol–water partition coefficient (Wildman–Crippen LogP) is 5.53. The molecule has 0 fully saturated rings. The highest BCUT2D eigenvalue weighted by Gasteiger charge is 2.08. The maximum Gasteiger partial charge on any atom is 0.166 e. The largest absolute Gasteiger partial charge is 0.306 e. The minimum absolute atomic E-state index is 0.128. The van der Waals surface area contributed by atoms with Gasteiger partial charge in [-0.15, -0.1) is 0 Å².